The van der Waals surface area contributed by atoms with Crippen molar-refractivity contribution in [1.29, 1.82) is 0 Å². The van der Waals surface area contributed by atoms with Crippen molar-refractivity contribution in [1.82, 2.24) is 4.90 Å². The van der Waals surface area contributed by atoms with Crippen LogP contribution in [0.5, 0.6) is 0 Å². The molecule has 6 heteroatoms. The molecule has 150 valence electrons. The zero-order chi connectivity index (χ0) is 20.0. The number of amides is 1. The Morgan fingerprint density at radius 1 is 1.11 bits per heavy atom. The van der Waals surface area contributed by atoms with Crippen molar-refractivity contribution in [3.05, 3.63) is 64.9 Å². The Balaban J connectivity index is 1.40. The minimum absolute atomic E-state index is 0.0770. The van der Waals surface area contributed by atoms with Crippen LogP contribution in [-0.4, -0.2) is 36.1 Å². The molecule has 0 bridgehead atoms. The van der Waals surface area contributed by atoms with E-state index in [0.29, 0.717) is 37.9 Å². The van der Waals surface area contributed by atoms with Crippen LogP contribution in [0.4, 0.5) is 14.5 Å². The highest BCUT2D eigenvalue weighted by molar-refractivity contribution is 6.31. The summed E-state index contributed by atoms with van der Waals surface area (Å²) in [6.07, 6.45) is 2.88. The number of nitrogens with one attached hydrogen (secondary N) is 1. The molecule has 1 heterocycles. The molecule has 0 spiro atoms. The van der Waals surface area contributed by atoms with Crippen molar-refractivity contribution in [3.8, 4) is 0 Å². The number of para-hydroxylation sites is 1. The van der Waals surface area contributed by atoms with E-state index >= 15 is 4.39 Å². The predicted octanol–water partition coefficient (Wildman–Crippen LogP) is 5.71. The zero-order valence-electron chi connectivity index (χ0n) is 15.8. The van der Waals surface area contributed by atoms with Gasteiger partial charge in [-0.15, -0.1) is 0 Å². The lowest BCUT2D eigenvalue weighted by Crippen LogP contribution is -2.44. The third-order valence-corrected chi connectivity index (χ3v) is 5.56. The Labute approximate surface area is 169 Å². The fourth-order valence-electron chi connectivity index (χ4n) is 3.53. The van der Waals surface area contributed by atoms with E-state index in [1.165, 1.54) is 18.2 Å². The van der Waals surface area contributed by atoms with Gasteiger partial charge in [-0.2, -0.15) is 0 Å². The summed E-state index contributed by atoms with van der Waals surface area (Å²) in [5.74, 6) is -0.780. The molecule has 1 N–H and O–H groups in total. The Bertz CT molecular complexity index is 792. The highest BCUT2D eigenvalue weighted by atomic mass is 35.5. The first-order valence-electron chi connectivity index (χ1n) is 9.69. The fourth-order valence-corrected chi connectivity index (χ4v) is 3.71. The SMILES string of the molecule is O=C(c1ccc(F)c(Cl)c1)N1CCC(F)(CCCCNc2ccccc2)CC1. The first-order valence-corrected chi connectivity index (χ1v) is 10.1. The number of carbonyl (C=O) groups excluding carboxylic acids is 1. The molecule has 1 fully saturated rings. The molecule has 0 aromatic heterocycles. The van der Waals surface area contributed by atoms with Gasteiger partial charge in [-0.3, -0.25) is 4.79 Å². The molecule has 0 radical (unpaired) electrons. The van der Waals surface area contributed by atoms with Crippen LogP contribution in [0.25, 0.3) is 0 Å². The van der Waals surface area contributed by atoms with Gasteiger partial charge in [0.15, 0.2) is 0 Å². The number of unbranched alkanes of at least 4 members (excludes halogenated alkanes) is 1. The number of hydrogen-bond donors (Lipinski definition) is 1. The molecule has 1 aliphatic heterocycles. The number of halogens is 3. The summed E-state index contributed by atoms with van der Waals surface area (Å²) >= 11 is 5.75. The van der Waals surface area contributed by atoms with Gasteiger partial charge in [0.25, 0.3) is 5.91 Å². The van der Waals surface area contributed by atoms with E-state index in [1.807, 2.05) is 30.3 Å². The van der Waals surface area contributed by atoms with Gasteiger partial charge < -0.3 is 10.2 Å². The van der Waals surface area contributed by atoms with Crippen molar-refractivity contribution < 1.29 is 13.6 Å². The van der Waals surface area contributed by atoms with Gasteiger partial charge in [0.1, 0.15) is 11.5 Å². The van der Waals surface area contributed by atoms with Gasteiger partial charge >= 0.3 is 0 Å². The summed E-state index contributed by atoms with van der Waals surface area (Å²) in [6, 6.07) is 13.9. The number of hydrogen-bond acceptors (Lipinski definition) is 2. The monoisotopic (exact) mass is 406 g/mol. The van der Waals surface area contributed by atoms with Gasteiger partial charge in [0.2, 0.25) is 0 Å². The van der Waals surface area contributed by atoms with E-state index in [2.05, 4.69) is 5.32 Å². The Kier molecular flexibility index (Phi) is 6.89. The number of rotatable bonds is 7. The average Bonchev–Trinajstić information content (AvgIpc) is 2.71. The van der Waals surface area contributed by atoms with E-state index in [0.717, 1.165) is 25.1 Å². The summed E-state index contributed by atoms with van der Waals surface area (Å²) < 4.78 is 28.3. The number of piperidine rings is 1. The molecule has 1 saturated heterocycles. The average molecular weight is 407 g/mol. The molecule has 0 aliphatic carbocycles. The molecular formula is C22H25ClF2N2O. The third-order valence-electron chi connectivity index (χ3n) is 5.27. The smallest absolute Gasteiger partial charge is 0.253 e. The minimum Gasteiger partial charge on any atom is -0.385 e. The lowest BCUT2D eigenvalue weighted by molar-refractivity contribution is 0.0388. The molecule has 1 amide bonds. The Hall–Kier alpha value is -2.14. The standard InChI is InChI=1S/C22H25ClF2N2O/c23-19-16-17(8-9-20(19)24)21(28)27-14-11-22(25,12-15-27)10-4-5-13-26-18-6-2-1-3-7-18/h1-3,6-9,16,26H,4-5,10-15H2. The summed E-state index contributed by atoms with van der Waals surface area (Å²) in [7, 11) is 0. The number of alkyl halides is 1. The molecule has 0 saturated carbocycles. The summed E-state index contributed by atoms with van der Waals surface area (Å²) in [6.45, 7) is 1.55. The van der Waals surface area contributed by atoms with Crippen LogP contribution in [0.2, 0.25) is 5.02 Å². The lowest BCUT2D eigenvalue weighted by atomic mass is 9.88. The van der Waals surface area contributed by atoms with Gasteiger partial charge in [-0.05, 0) is 62.4 Å². The molecule has 0 unspecified atom stereocenters. The second kappa shape index (κ2) is 9.37. The number of nitrogens with zero attached hydrogens (tertiary/aromatic N) is 1. The molecular weight excluding hydrogens is 382 g/mol. The van der Waals surface area contributed by atoms with Crippen molar-refractivity contribution in [2.45, 2.75) is 37.8 Å². The number of anilines is 1. The molecule has 2 aromatic rings. The van der Waals surface area contributed by atoms with Crippen LogP contribution >= 0.6 is 11.6 Å². The quantitative estimate of drug-likeness (QED) is 0.597. The van der Waals surface area contributed by atoms with Gasteiger partial charge in [0, 0.05) is 30.9 Å². The van der Waals surface area contributed by atoms with Crippen molar-refractivity contribution in [3.63, 3.8) is 0 Å². The molecule has 3 nitrogen and oxygen atoms in total. The maximum atomic E-state index is 15.0. The largest absolute Gasteiger partial charge is 0.385 e. The van der Waals surface area contributed by atoms with E-state index in [-0.39, 0.29) is 10.9 Å². The molecule has 0 atom stereocenters. The lowest BCUT2D eigenvalue weighted by Gasteiger charge is -2.36. The van der Waals surface area contributed by atoms with E-state index in [4.69, 9.17) is 11.6 Å². The first kappa shape index (κ1) is 20.6. The maximum Gasteiger partial charge on any atom is 0.253 e. The normalized spacial score (nSPS) is 16.0. The summed E-state index contributed by atoms with van der Waals surface area (Å²) in [5.41, 5.74) is 0.194. The highest BCUT2D eigenvalue weighted by Crippen LogP contribution is 2.32. The molecule has 3 rings (SSSR count). The van der Waals surface area contributed by atoms with E-state index in [9.17, 15) is 9.18 Å². The maximum absolute atomic E-state index is 15.0. The van der Waals surface area contributed by atoms with Crippen LogP contribution < -0.4 is 5.32 Å². The molecule has 28 heavy (non-hydrogen) atoms. The predicted molar refractivity (Wildman–Crippen MR) is 109 cm³/mol. The fraction of sp³-hybridized carbons (Fsp3) is 0.409. The van der Waals surface area contributed by atoms with Crippen LogP contribution in [0, 0.1) is 5.82 Å². The van der Waals surface area contributed by atoms with Crippen molar-refractivity contribution >= 4 is 23.2 Å². The highest BCUT2D eigenvalue weighted by Gasteiger charge is 2.35. The topological polar surface area (TPSA) is 32.3 Å². The number of benzene rings is 2. The number of carbonyl (C=O) groups is 1. The zero-order valence-corrected chi connectivity index (χ0v) is 16.5. The second-order valence-electron chi connectivity index (χ2n) is 7.32. The summed E-state index contributed by atoms with van der Waals surface area (Å²) in [5, 5.41) is 3.25. The van der Waals surface area contributed by atoms with Crippen LogP contribution in [0.1, 0.15) is 42.5 Å². The second-order valence-corrected chi connectivity index (χ2v) is 7.73. The van der Waals surface area contributed by atoms with Gasteiger partial charge in [-0.25, -0.2) is 8.78 Å². The third kappa shape index (κ3) is 5.44. The van der Waals surface area contributed by atoms with Crippen molar-refractivity contribution in [2.24, 2.45) is 0 Å². The van der Waals surface area contributed by atoms with Crippen LogP contribution in [0.15, 0.2) is 48.5 Å². The van der Waals surface area contributed by atoms with Gasteiger partial charge in [0.05, 0.1) is 5.02 Å². The Morgan fingerprint density at radius 3 is 2.50 bits per heavy atom. The molecule has 2 aromatic carbocycles. The minimum atomic E-state index is -1.22. The van der Waals surface area contributed by atoms with Crippen LogP contribution in [0.3, 0.4) is 0 Å². The number of likely N-dealkylation sites (tertiary alicyclic amines) is 1. The first-order chi connectivity index (χ1) is 13.5. The van der Waals surface area contributed by atoms with E-state index in [1.54, 1.807) is 4.90 Å². The van der Waals surface area contributed by atoms with Gasteiger partial charge in [-0.1, -0.05) is 29.8 Å². The summed E-state index contributed by atoms with van der Waals surface area (Å²) in [4.78, 5) is 14.1. The Morgan fingerprint density at radius 2 is 1.82 bits per heavy atom. The van der Waals surface area contributed by atoms with E-state index < -0.39 is 11.5 Å². The molecule has 1 aliphatic rings. The van der Waals surface area contributed by atoms with Crippen molar-refractivity contribution in [2.75, 3.05) is 25.0 Å². The van der Waals surface area contributed by atoms with Crippen LogP contribution in [-0.2, 0) is 0 Å².